The van der Waals surface area contributed by atoms with Gasteiger partial charge in [0.1, 0.15) is 0 Å². The van der Waals surface area contributed by atoms with Gasteiger partial charge in [0, 0.05) is 5.57 Å². The zero-order valence-corrected chi connectivity index (χ0v) is 12.7. The SMILES string of the molecule is C=C(C)C(=O)OCCCCCOP(=O)(O)OP(=O)(O)O. The van der Waals surface area contributed by atoms with Crippen LogP contribution < -0.4 is 0 Å². The van der Waals surface area contributed by atoms with Crippen molar-refractivity contribution < 1.29 is 42.2 Å². The number of carbonyl (C=O) groups is 1. The smallest absolute Gasteiger partial charge is 0.462 e. The number of phosphoric ester groups is 1. The van der Waals surface area contributed by atoms with Crippen LogP contribution in [0.3, 0.4) is 0 Å². The quantitative estimate of drug-likeness (QED) is 0.235. The molecule has 0 radical (unpaired) electrons. The lowest BCUT2D eigenvalue weighted by Gasteiger charge is -2.12. The Kier molecular flexibility index (Phi) is 8.46. The fourth-order valence-electron chi connectivity index (χ4n) is 1.01. The topological polar surface area (TPSA) is 140 Å². The third-order valence-electron chi connectivity index (χ3n) is 1.83. The molecule has 11 heteroatoms. The van der Waals surface area contributed by atoms with Gasteiger partial charge >= 0.3 is 21.6 Å². The third-order valence-corrected chi connectivity index (χ3v) is 4.02. The van der Waals surface area contributed by atoms with Gasteiger partial charge < -0.3 is 19.4 Å². The number of unbranched alkanes of at least 4 members (excludes halogenated alkanes) is 2. The molecule has 0 rings (SSSR count). The summed E-state index contributed by atoms with van der Waals surface area (Å²) in [5.74, 6) is -0.490. The molecule has 0 aromatic carbocycles. The van der Waals surface area contributed by atoms with Crippen LogP contribution in [0.4, 0.5) is 0 Å². The highest BCUT2D eigenvalue weighted by Gasteiger charge is 2.31. The summed E-state index contributed by atoms with van der Waals surface area (Å²) in [6.07, 6.45) is 1.37. The maximum atomic E-state index is 11.0. The van der Waals surface area contributed by atoms with Crippen molar-refractivity contribution in [3.8, 4) is 0 Å². The van der Waals surface area contributed by atoms with Crippen LogP contribution in [-0.4, -0.2) is 33.9 Å². The maximum Gasteiger partial charge on any atom is 0.481 e. The van der Waals surface area contributed by atoms with Crippen molar-refractivity contribution in [1.29, 1.82) is 0 Å². The molecule has 0 aromatic rings. The minimum atomic E-state index is -5.08. The van der Waals surface area contributed by atoms with Gasteiger partial charge in [-0.15, -0.1) is 0 Å². The van der Waals surface area contributed by atoms with Gasteiger partial charge in [-0.05, 0) is 26.2 Å². The minimum Gasteiger partial charge on any atom is -0.462 e. The van der Waals surface area contributed by atoms with Crippen LogP contribution in [0.15, 0.2) is 12.2 Å². The van der Waals surface area contributed by atoms with Gasteiger partial charge in [-0.2, -0.15) is 4.31 Å². The standard InChI is InChI=1S/C9H18O9P2/c1-8(2)9(10)16-6-4-3-5-7-17-20(14,15)18-19(11,12)13/h1,3-7H2,2H3,(H,14,15)(H2,11,12,13). The molecule has 9 nitrogen and oxygen atoms in total. The highest BCUT2D eigenvalue weighted by atomic mass is 31.3. The molecule has 0 fully saturated rings. The van der Waals surface area contributed by atoms with Crippen LogP contribution in [0, 0.1) is 0 Å². The first-order chi connectivity index (χ1) is 9.03. The zero-order valence-electron chi connectivity index (χ0n) is 10.9. The fraction of sp³-hybridized carbons (Fsp3) is 0.667. The van der Waals surface area contributed by atoms with Gasteiger partial charge in [-0.3, -0.25) is 4.52 Å². The van der Waals surface area contributed by atoms with Crippen molar-refractivity contribution in [2.45, 2.75) is 26.2 Å². The van der Waals surface area contributed by atoms with Crippen molar-refractivity contribution >= 4 is 21.6 Å². The van der Waals surface area contributed by atoms with Crippen LogP contribution in [0.5, 0.6) is 0 Å². The zero-order chi connectivity index (χ0) is 15.8. The van der Waals surface area contributed by atoms with E-state index in [9.17, 15) is 13.9 Å². The molecule has 0 bridgehead atoms. The second kappa shape index (κ2) is 8.69. The number of carbonyl (C=O) groups excluding carboxylic acids is 1. The molecule has 0 heterocycles. The predicted molar refractivity (Wildman–Crippen MR) is 68.5 cm³/mol. The summed E-state index contributed by atoms with van der Waals surface area (Å²) in [6.45, 7) is 4.89. The lowest BCUT2D eigenvalue weighted by molar-refractivity contribution is -0.139. The number of phosphoric acid groups is 2. The van der Waals surface area contributed by atoms with Crippen molar-refractivity contribution in [2.75, 3.05) is 13.2 Å². The fourth-order valence-corrected chi connectivity index (χ4v) is 2.63. The summed E-state index contributed by atoms with van der Waals surface area (Å²) >= 11 is 0. The summed E-state index contributed by atoms with van der Waals surface area (Å²) in [5.41, 5.74) is 0.295. The molecule has 0 aliphatic carbocycles. The highest BCUT2D eigenvalue weighted by molar-refractivity contribution is 7.60. The minimum absolute atomic E-state index is 0.182. The molecule has 20 heavy (non-hydrogen) atoms. The second-order valence-electron chi connectivity index (χ2n) is 3.85. The van der Waals surface area contributed by atoms with Crippen molar-refractivity contribution in [3.63, 3.8) is 0 Å². The summed E-state index contributed by atoms with van der Waals surface area (Å²) in [4.78, 5) is 36.6. The van der Waals surface area contributed by atoms with Gasteiger partial charge in [0.25, 0.3) is 0 Å². The molecule has 0 saturated heterocycles. The molecular weight excluding hydrogens is 314 g/mol. The van der Waals surface area contributed by atoms with E-state index >= 15 is 0 Å². The van der Waals surface area contributed by atoms with Gasteiger partial charge in [0.15, 0.2) is 0 Å². The highest BCUT2D eigenvalue weighted by Crippen LogP contribution is 2.57. The number of hydrogen-bond acceptors (Lipinski definition) is 6. The van der Waals surface area contributed by atoms with E-state index in [1.807, 2.05) is 0 Å². The van der Waals surface area contributed by atoms with E-state index in [1.54, 1.807) is 0 Å². The molecule has 1 unspecified atom stereocenters. The molecule has 0 saturated carbocycles. The van der Waals surface area contributed by atoms with Gasteiger partial charge in [-0.1, -0.05) is 6.58 Å². The van der Waals surface area contributed by atoms with Crippen LogP contribution in [0.2, 0.25) is 0 Å². The normalized spacial score (nSPS) is 14.6. The van der Waals surface area contributed by atoms with Crippen LogP contribution in [0.25, 0.3) is 0 Å². The van der Waals surface area contributed by atoms with Crippen LogP contribution in [-0.2, 0) is 27.5 Å². The van der Waals surface area contributed by atoms with Crippen molar-refractivity contribution in [3.05, 3.63) is 12.2 Å². The third kappa shape index (κ3) is 11.3. The van der Waals surface area contributed by atoms with E-state index < -0.39 is 21.6 Å². The maximum absolute atomic E-state index is 11.0. The monoisotopic (exact) mass is 332 g/mol. The van der Waals surface area contributed by atoms with E-state index in [0.29, 0.717) is 24.8 Å². The Labute approximate surface area is 116 Å². The molecule has 0 aromatic heterocycles. The van der Waals surface area contributed by atoms with E-state index in [4.69, 9.17) is 19.4 Å². The predicted octanol–water partition coefficient (Wildman–Crippen LogP) is 1.50. The molecule has 0 amide bonds. The van der Waals surface area contributed by atoms with Crippen LogP contribution >= 0.6 is 15.6 Å². The van der Waals surface area contributed by atoms with Crippen LogP contribution in [0.1, 0.15) is 26.2 Å². The van der Waals surface area contributed by atoms with E-state index in [1.165, 1.54) is 6.92 Å². The Morgan fingerprint density at radius 3 is 2.15 bits per heavy atom. The molecule has 0 spiro atoms. The van der Waals surface area contributed by atoms with Crippen molar-refractivity contribution in [2.24, 2.45) is 0 Å². The molecule has 3 N–H and O–H groups in total. The Balaban J connectivity index is 3.67. The number of rotatable bonds is 10. The first-order valence-corrected chi connectivity index (χ1v) is 8.63. The Morgan fingerprint density at radius 2 is 1.65 bits per heavy atom. The average Bonchev–Trinajstić information content (AvgIpc) is 2.23. The Hall–Kier alpha value is -0.530. The molecule has 0 aliphatic rings. The second-order valence-corrected chi connectivity index (χ2v) is 6.68. The van der Waals surface area contributed by atoms with Crippen molar-refractivity contribution in [1.82, 2.24) is 0 Å². The number of hydrogen-bond donors (Lipinski definition) is 3. The van der Waals surface area contributed by atoms with Gasteiger partial charge in [0.05, 0.1) is 13.2 Å². The number of ether oxygens (including phenoxy) is 1. The van der Waals surface area contributed by atoms with Gasteiger partial charge in [0.2, 0.25) is 0 Å². The molecule has 118 valence electrons. The lowest BCUT2D eigenvalue weighted by Crippen LogP contribution is -2.06. The molecule has 1 atom stereocenters. The molecule has 0 aliphatic heterocycles. The van der Waals surface area contributed by atoms with E-state index in [2.05, 4.69) is 15.4 Å². The Morgan fingerprint density at radius 1 is 1.10 bits per heavy atom. The van der Waals surface area contributed by atoms with E-state index in [-0.39, 0.29) is 13.2 Å². The largest absolute Gasteiger partial charge is 0.481 e. The first kappa shape index (κ1) is 19.5. The average molecular weight is 332 g/mol. The summed E-state index contributed by atoms with van der Waals surface area (Å²) < 4.78 is 34.1. The Bertz CT molecular complexity index is 427. The van der Waals surface area contributed by atoms with E-state index in [0.717, 1.165) is 0 Å². The lowest BCUT2D eigenvalue weighted by atomic mass is 10.2. The van der Waals surface area contributed by atoms with Gasteiger partial charge in [-0.25, -0.2) is 13.9 Å². The summed E-state index contributed by atoms with van der Waals surface area (Å²) in [5, 5.41) is 0. The summed E-state index contributed by atoms with van der Waals surface area (Å²) in [7, 11) is -9.84. The molecular formula is C9H18O9P2. The number of esters is 1. The first-order valence-electron chi connectivity index (χ1n) is 5.60. The summed E-state index contributed by atoms with van der Waals surface area (Å²) in [6, 6.07) is 0.